The van der Waals surface area contributed by atoms with E-state index in [0.717, 1.165) is 36.2 Å². The molecule has 1 aromatic carbocycles. The van der Waals surface area contributed by atoms with Gasteiger partial charge in [0.05, 0.1) is 13.1 Å². The SMILES string of the molecule is O=C1CN(Cc2cccc(N3C=C(Nc4cc(C5CC5)[nH]n4)n4ccnc4C3)c2)CCN1. The number of H-pyrrole nitrogens is 1. The van der Waals surface area contributed by atoms with Crippen LogP contribution in [0.4, 0.5) is 11.5 Å². The number of nitrogens with zero attached hydrogens (tertiary/aromatic N) is 5. The Hall–Kier alpha value is -3.59. The van der Waals surface area contributed by atoms with Crippen molar-refractivity contribution < 1.29 is 4.79 Å². The molecule has 3 aromatic rings. The first-order chi connectivity index (χ1) is 15.7. The fourth-order valence-corrected chi connectivity index (χ4v) is 4.39. The van der Waals surface area contributed by atoms with Crippen molar-refractivity contribution in [1.29, 1.82) is 0 Å². The van der Waals surface area contributed by atoms with E-state index in [9.17, 15) is 4.79 Å². The number of anilines is 2. The Morgan fingerprint density at radius 3 is 3.00 bits per heavy atom. The molecule has 9 nitrogen and oxygen atoms in total. The summed E-state index contributed by atoms with van der Waals surface area (Å²) < 4.78 is 2.07. The van der Waals surface area contributed by atoms with Gasteiger partial charge in [0.15, 0.2) is 5.82 Å². The zero-order valence-corrected chi connectivity index (χ0v) is 17.8. The number of hydrogen-bond donors (Lipinski definition) is 3. The van der Waals surface area contributed by atoms with Gasteiger partial charge in [-0.05, 0) is 30.5 Å². The van der Waals surface area contributed by atoms with Gasteiger partial charge in [-0.3, -0.25) is 19.4 Å². The topological polar surface area (TPSA) is 94.1 Å². The first-order valence-electron chi connectivity index (χ1n) is 11.1. The molecule has 3 N–H and O–H groups in total. The highest BCUT2D eigenvalue weighted by Crippen LogP contribution is 2.39. The molecule has 32 heavy (non-hydrogen) atoms. The van der Waals surface area contributed by atoms with Crippen molar-refractivity contribution in [3.05, 3.63) is 66.0 Å². The summed E-state index contributed by atoms with van der Waals surface area (Å²) in [4.78, 5) is 20.6. The molecule has 9 heteroatoms. The van der Waals surface area contributed by atoms with Crippen LogP contribution in [0.3, 0.4) is 0 Å². The highest BCUT2D eigenvalue weighted by Gasteiger charge is 2.26. The Balaban J connectivity index is 1.24. The molecule has 3 aliphatic rings. The van der Waals surface area contributed by atoms with Crippen LogP contribution in [0.5, 0.6) is 0 Å². The molecule has 2 aromatic heterocycles. The monoisotopic (exact) mass is 430 g/mol. The second-order valence-corrected chi connectivity index (χ2v) is 8.69. The lowest BCUT2D eigenvalue weighted by molar-refractivity contribution is -0.124. The molecule has 4 heterocycles. The molecule has 0 spiro atoms. The van der Waals surface area contributed by atoms with E-state index < -0.39 is 0 Å². The molecule has 0 radical (unpaired) electrons. The number of carbonyl (C=O) groups is 1. The smallest absolute Gasteiger partial charge is 0.234 e. The van der Waals surface area contributed by atoms with Crippen molar-refractivity contribution >= 4 is 23.2 Å². The number of imidazole rings is 1. The van der Waals surface area contributed by atoms with Gasteiger partial charge >= 0.3 is 0 Å². The summed E-state index contributed by atoms with van der Waals surface area (Å²) in [6.45, 7) is 3.47. The van der Waals surface area contributed by atoms with Gasteiger partial charge in [-0.2, -0.15) is 5.10 Å². The molecule has 1 amide bonds. The van der Waals surface area contributed by atoms with Gasteiger partial charge in [0.25, 0.3) is 0 Å². The van der Waals surface area contributed by atoms with Crippen molar-refractivity contribution in [2.75, 3.05) is 29.9 Å². The average molecular weight is 431 g/mol. The third-order valence-electron chi connectivity index (χ3n) is 6.20. The predicted molar refractivity (Wildman–Crippen MR) is 122 cm³/mol. The molecule has 0 unspecified atom stereocenters. The Morgan fingerprint density at radius 1 is 1.19 bits per heavy atom. The van der Waals surface area contributed by atoms with Gasteiger partial charge in [0, 0.05) is 61.6 Å². The van der Waals surface area contributed by atoms with E-state index in [1.807, 2.05) is 12.4 Å². The number of aromatic amines is 1. The maximum atomic E-state index is 11.7. The van der Waals surface area contributed by atoms with Crippen LogP contribution in [0.1, 0.15) is 35.8 Å². The molecule has 1 saturated heterocycles. The van der Waals surface area contributed by atoms with E-state index >= 15 is 0 Å². The zero-order valence-electron chi connectivity index (χ0n) is 17.8. The largest absolute Gasteiger partial charge is 0.354 e. The zero-order chi connectivity index (χ0) is 21.5. The van der Waals surface area contributed by atoms with Crippen LogP contribution in [-0.4, -0.2) is 50.2 Å². The number of fused-ring (bicyclic) bond motifs is 1. The number of amides is 1. The number of nitrogens with one attached hydrogen (secondary N) is 3. The minimum atomic E-state index is 0.0946. The van der Waals surface area contributed by atoms with Crippen molar-refractivity contribution in [3.8, 4) is 0 Å². The standard InChI is InChI=1S/C23H26N8O/c32-23-15-29(8-6-25-23)12-16-2-1-3-18(10-16)30-13-21-24-7-9-31(21)22(14-30)26-20-11-19(27-28-20)17-4-5-17/h1-3,7,9-11,14,17H,4-6,8,12-13,15H2,(H,25,32)(H2,26,27,28). The second-order valence-electron chi connectivity index (χ2n) is 8.69. The number of rotatable bonds is 6. The lowest BCUT2D eigenvalue weighted by Gasteiger charge is -2.29. The Labute approximate surface area is 186 Å². The van der Waals surface area contributed by atoms with Crippen LogP contribution in [0.2, 0.25) is 0 Å². The van der Waals surface area contributed by atoms with E-state index in [1.165, 1.54) is 24.1 Å². The van der Waals surface area contributed by atoms with E-state index in [0.29, 0.717) is 25.6 Å². The van der Waals surface area contributed by atoms with Crippen LogP contribution in [0.15, 0.2) is 48.9 Å². The maximum Gasteiger partial charge on any atom is 0.234 e. The predicted octanol–water partition coefficient (Wildman–Crippen LogP) is 2.30. The number of hydrogen-bond acceptors (Lipinski definition) is 6. The lowest BCUT2D eigenvalue weighted by atomic mass is 10.1. The van der Waals surface area contributed by atoms with Gasteiger partial charge in [-0.15, -0.1) is 0 Å². The first-order valence-corrected chi connectivity index (χ1v) is 11.1. The molecule has 164 valence electrons. The molecule has 6 rings (SSSR count). The third-order valence-corrected chi connectivity index (χ3v) is 6.20. The molecule has 0 atom stereocenters. The van der Waals surface area contributed by atoms with Crippen molar-refractivity contribution in [1.82, 2.24) is 30.0 Å². The molecular formula is C23H26N8O. The number of aromatic nitrogens is 4. The summed E-state index contributed by atoms with van der Waals surface area (Å²) in [6, 6.07) is 10.6. The highest BCUT2D eigenvalue weighted by atomic mass is 16.2. The van der Waals surface area contributed by atoms with Crippen LogP contribution >= 0.6 is 0 Å². The molecule has 0 bridgehead atoms. The number of benzene rings is 1. The van der Waals surface area contributed by atoms with Gasteiger partial charge in [0.2, 0.25) is 5.91 Å². The maximum absolute atomic E-state index is 11.7. The van der Waals surface area contributed by atoms with Gasteiger partial charge in [-0.25, -0.2) is 4.98 Å². The Morgan fingerprint density at radius 2 is 2.12 bits per heavy atom. The summed E-state index contributed by atoms with van der Waals surface area (Å²) in [5.74, 6) is 3.42. The fourth-order valence-electron chi connectivity index (χ4n) is 4.39. The summed E-state index contributed by atoms with van der Waals surface area (Å²) >= 11 is 0. The molecule has 1 saturated carbocycles. The number of carbonyl (C=O) groups excluding carboxylic acids is 1. The van der Waals surface area contributed by atoms with Crippen molar-refractivity contribution in [3.63, 3.8) is 0 Å². The minimum absolute atomic E-state index is 0.0946. The van der Waals surface area contributed by atoms with E-state index in [-0.39, 0.29) is 5.91 Å². The quantitative estimate of drug-likeness (QED) is 0.556. The first kappa shape index (κ1) is 19.1. The third kappa shape index (κ3) is 3.87. The van der Waals surface area contributed by atoms with E-state index in [1.54, 1.807) is 0 Å². The summed E-state index contributed by atoms with van der Waals surface area (Å²) in [7, 11) is 0. The van der Waals surface area contributed by atoms with Gasteiger partial charge in [0.1, 0.15) is 11.6 Å². The molecule has 1 aliphatic carbocycles. The Kier molecular flexibility index (Phi) is 4.68. The van der Waals surface area contributed by atoms with Crippen molar-refractivity contribution in [2.45, 2.75) is 31.8 Å². The van der Waals surface area contributed by atoms with Gasteiger partial charge in [-0.1, -0.05) is 12.1 Å². The fraction of sp³-hybridized carbons (Fsp3) is 0.348. The summed E-state index contributed by atoms with van der Waals surface area (Å²) in [5, 5.41) is 13.9. The summed E-state index contributed by atoms with van der Waals surface area (Å²) in [5.41, 5.74) is 3.49. The second kappa shape index (κ2) is 7.83. The highest BCUT2D eigenvalue weighted by molar-refractivity contribution is 5.78. The molecular weight excluding hydrogens is 404 g/mol. The van der Waals surface area contributed by atoms with E-state index in [4.69, 9.17) is 0 Å². The average Bonchev–Trinajstić information content (AvgIpc) is 3.34. The molecule has 2 fully saturated rings. The van der Waals surface area contributed by atoms with Crippen LogP contribution < -0.4 is 15.5 Å². The lowest BCUT2D eigenvalue weighted by Crippen LogP contribution is -2.47. The van der Waals surface area contributed by atoms with Crippen LogP contribution in [-0.2, 0) is 17.9 Å². The van der Waals surface area contributed by atoms with Crippen LogP contribution in [0, 0.1) is 0 Å². The van der Waals surface area contributed by atoms with Crippen molar-refractivity contribution in [2.24, 2.45) is 0 Å². The van der Waals surface area contributed by atoms with Gasteiger partial charge < -0.3 is 15.5 Å². The van der Waals surface area contributed by atoms with E-state index in [2.05, 4.69) is 76.7 Å². The molecule has 2 aliphatic heterocycles. The summed E-state index contributed by atoms with van der Waals surface area (Å²) in [6.07, 6.45) is 8.38. The minimum Gasteiger partial charge on any atom is -0.354 e. The Bertz CT molecular complexity index is 1170. The van der Waals surface area contributed by atoms with Crippen LogP contribution in [0.25, 0.3) is 5.82 Å². The normalized spacial score (nSPS) is 18.8. The number of piperazine rings is 1.